The number of rotatable bonds is 0. The van der Waals surface area contributed by atoms with Crippen LogP contribution in [-0.4, -0.2) is 26.2 Å². The molecule has 0 radical (unpaired) electrons. The molecule has 5 nitrogen and oxygen atoms in total. The molecule has 0 spiro atoms. The first-order valence-corrected chi connectivity index (χ1v) is 7.41. The summed E-state index contributed by atoms with van der Waals surface area (Å²) < 4.78 is 0. The maximum absolute atomic E-state index is 12.9. The molecule has 1 aliphatic carbocycles. The molecule has 0 saturated heterocycles. The quantitative estimate of drug-likeness (QED) is 0.510. The van der Waals surface area contributed by atoms with Crippen molar-refractivity contribution in [3.8, 4) is 17.2 Å². The molecule has 3 aromatic carbocycles. The molecule has 24 heavy (non-hydrogen) atoms. The SMILES string of the molecule is CC1(O)c2cccc(O)c2C(=O)c2c1cc1cc(O)ccc1c2O. The van der Waals surface area contributed by atoms with Gasteiger partial charge in [0.25, 0.3) is 0 Å². The third kappa shape index (κ3) is 1.70. The second-order valence-corrected chi connectivity index (χ2v) is 6.15. The van der Waals surface area contributed by atoms with Crippen LogP contribution in [0.5, 0.6) is 17.2 Å². The summed E-state index contributed by atoms with van der Waals surface area (Å²) in [7, 11) is 0. The van der Waals surface area contributed by atoms with Gasteiger partial charge >= 0.3 is 0 Å². The summed E-state index contributed by atoms with van der Waals surface area (Å²) in [6.07, 6.45) is 0. The monoisotopic (exact) mass is 322 g/mol. The Morgan fingerprint density at radius 1 is 0.917 bits per heavy atom. The predicted molar refractivity (Wildman–Crippen MR) is 87.5 cm³/mol. The van der Waals surface area contributed by atoms with Gasteiger partial charge in [-0.15, -0.1) is 0 Å². The lowest BCUT2D eigenvalue weighted by molar-refractivity contribution is 0.0853. The van der Waals surface area contributed by atoms with E-state index in [1.807, 2.05) is 0 Å². The van der Waals surface area contributed by atoms with Crippen LogP contribution in [0.25, 0.3) is 10.8 Å². The van der Waals surface area contributed by atoms with E-state index >= 15 is 0 Å². The Balaban J connectivity index is 2.16. The van der Waals surface area contributed by atoms with Crippen LogP contribution >= 0.6 is 0 Å². The van der Waals surface area contributed by atoms with Gasteiger partial charge in [0.1, 0.15) is 22.8 Å². The molecule has 4 N–H and O–H groups in total. The molecule has 0 heterocycles. The zero-order valence-corrected chi connectivity index (χ0v) is 12.7. The molecule has 0 aliphatic heterocycles. The summed E-state index contributed by atoms with van der Waals surface area (Å²) >= 11 is 0. The zero-order valence-electron chi connectivity index (χ0n) is 12.7. The van der Waals surface area contributed by atoms with Crippen LogP contribution in [0.2, 0.25) is 0 Å². The molecule has 0 aromatic heterocycles. The van der Waals surface area contributed by atoms with E-state index < -0.39 is 11.4 Å². The first-order chi connectivity index (χ1) is 11.3. The van der Waals surface area contributed by atoms with Crippen molar-refractivity contribution >= 4 is 16.6 Å². The molecule has 1 unspecified atom stereocenters. The number of aromatic hydroxyl groups is 3. The van der Waals surface area contributed by atoms with Crippen molar-refractivity contribution in [1.82, 2.24) is 0 Å². The molecule has 0 fully saturated rings. The highest BCUT2D eigenvalue weighted by atomic mass is 16.3. The van der Waals surface area contributed by atoms with Crippen molar-refractivity contribution in [2.75, 3.05) is 0 Å². The summed E-state index contributed by atoms with van der Waals surface area (Å²) in [6, 6.07) is 10.4. The van der Waals surface area contributed by atoms with Gasteiger partial charge in [-0.1, -0.05) is 12.1 Å². The summed E-state index contributed by atoms with van der Waals surface area (Å²) in [6.45, 7) is 1.50. The maximum atomic E-state index is 12.9. The Bertz CT molecular complexity index is 1030. The fraction of sp³-hybridized carbons (Fsp3) is 0.105. The van der Waals surface area contributed by atoms with Gasteiger partial charge in [0.15, 0.2) is 0 Å². The molecular formula is C19H14O5. The number of phenolic OH excluding ortho intramolecular Hbond substituents is 3. The topological polar surface area (TPSA) is 98.0 Å². The lowest BCUT2D eigenvalue weighted by Gasteiger charge is -2.33. The first kappa shape index (κ1) is 14.5. The highest BCUT2D eigenvalue weighted by molar-refractivity contribution is 6.18. The Hall–Kier alpha value is -3.05. The van der Waals surface area contributed by atoms with Gasteiger partial charge in [-0.25, -0.2) is 0 Å². The Morgan fingerprint density at radius 3 is 2.42 bits per heavy atom. The average molecular weight is 322 g/mol. The van der Waals surface area contributed by atoms with Crippen LogP contribution in [0.1, 0.15) is 34.0 Å². The molecule has 0 saturated carbocycles. The van der Waals surface area contributed by atoms with E-state index in [0.29, 0.717) is 10.8 Å². The molecule has 0 bridgehead atoms. The molecule has 1 atom stereocenters. The van der Waals surface area contributed by atoms with Crippen molar-refractivity contribution < 1.29 is 25.2 Å². The number of benzene rings is 3. The fourth-order valence-corrected chi connectivity index (χ4v) is 3.44. The molecule has 3 aromatic rings. The molecule has 5 heteroatoms. The molecule has 0 amide bonds. The highest BCUT2D eigenvalue weighted by Crippen LogP contribution is 2.47. The average Bonchev–Trinajstić information content (AvgIpc) is 2.52. The number of carbonyl (C=O) groups excluding carboxylic acids is 1. The van der Waals surface area contributed by atoms with E-state index in [1.165, 1.54) is 31.2 Å². The van der Waals surface area contributed by atoms with Gasteiger partial charge in [0.2, 0.25) is 5.78 Å². The minimum atomic E-state index is -1.57. The van der Waals surface area contributed by atoms with E-state index in [9.17, 15) is 25.2 Å². The minimum absolute atomic E-state index is 0.0107. The van der Waals surface area contributed by atoms with E-state index in [4.69, 9.17) is 0 Å². The van der Waals surface area contributed by atoms with Crippen molar-refractivity contribution in [1.29, 1.82) is 0 Å². The van der Waals surface area contributed by atoms with Crippen LogP contribution in [0.3, 0.4) is 0 Å². The molecule has 120 valence electrons. The normalized spacial score (nSPS) is 19.2. The van der Waals surface area contributed by atoms with Gasteiger partial charge in [-0.2, -0.15) is 0 Å². The van der Waals surface area contributed by atoms with Gasteiger partial charge in [0, 0.05) is 16.5 Å². The predicted octanol–water partition coefficient (Wildman–Crippen LogP) is 2.76. The number of aliphatic hydroxyl groups is 1. The van der Waals surface area contributed by atoms with Crippen molar-refractivity contribution in [3.63, 3.8) is 0 Å². The maximum Gasteiger partial charge on any atom is 0.201 e. The third-order valence-electron chi connectivity index (χ3n) is 4.64. The number of phenols is 3. The standard InChI is InChI=1S/C19H14O5/c1-19(24)12-3-2-4-14(21)15(12)18(23)16-13(19)8-9-7-10(20)5-6-11(9)17(16)22/h2-8,20-22,24H,1H3. The summed E-state index contributed by atoms with van der Waals surface area (Å²) in [5.41, 5.74) is -1.11. The minimum Gasteiger partial charge on any atom is -0.508 e. The number of fused-ring (bicyclic) bond motifs is 3. The largest absolute Gasteiger partial charge is 0.508 e. The van der Waals surface area contributed by atoms with E-state index in [2.05, 4.69) is 0 Å². The van der Waals surface area contributed by atoms with Crippen LogP contribution < -0.4 is 0 Å². The first-order valence-electron chi connectivity index (χ1n) is 7.41. The molecule has 4 rings (SSSR count). The van der Waals surface area contributed by atoms with Gasteiger partial charge in [-0.3, -0.25) is 4.79 Å². The summed E-state index contributed by atoms with van der Waals surface area (Å²) in [5.74, 6) is -1.05. The van der Waals surface area contributed by atoms with E-state index in [-0.39, 0.29) is 39.5 Å². The Morgan fingerprint density at radius 2 is 1.67 bits per heavy atom. The van der Waals surface area contributed by atoms with Crippen molar-refractivity contribution in [2.45, 2.75) is 12.5 Å². The summed E-state index contributed by atoms with van der Waals surface area (Å²) in [5, 5.41) is 42.3. The zero-order chi connectivity index (χ0) is 17.2. The summed E-state index contributed by atoms with van der Waals surface area (Å²) in [4.78, 5) is 12.9. The number of hydrogen-bond acceptors (Lipinski definition) is 5. The Labute approximate surface area is 137 Å². The van der Waals surface area contributed by atoms with Crippen molar-refractivity contribution in [2.24, 2.45) is 0 Å². The Kier molecular flexibility index (Phi) is 2.72. The lowest BCUT2D eigenvalue weighted by atomic mass is 9.73. The second kappa shape index (κ2) is 4.49. The van der Waals surface area contributed by atoms with Gasteiger partial charge < -0.3 is 20.4 Å². The number of carbonyl (C=O) groups is 1. The number of ketones is 1. The molecular weight excluding hydrogens is 308 g/mol. The van der Waals surface area contributed by atoms with Crippen LogP contribution in [0.15, 0.2) is 42.5 Å². The lowest BCUT2D eigenvalue weighted by Crippen LogP contribution is -2.33. The van der Waals surface area contributed by atoms with E-state index in [0.717, 1.165) is 0 Å². The van der Waals surface area contributed by atoms with Crippen molar-refractivity contribution in [3.05, 3.63) is 64.7 Å². The van der Waals surface area contributed by atoms with Gasteiger partial charge in [0.05, 0.1) is 11.1 Å². The van der Waals surface area contributed by atoms with Crippen LogP contribution in [0, 0.1) is 0 Å². The van der Waals surface area contributed by atoms with Crippen LogP contribution in [0.4, 0.5) is 0 Å². The second-order valence-electron chi connectivity index (χ2n) is 6.15. The van der Waals surface area contributed by atoms with Gasteiger partial charge in [-0.05, 0) is 42.6 Å². The van der Waals surface area contributed by atoms with Crippen LogP contribution in [-0.2, 0) is 5.60 Å². The van der Waals surface area contributed by atoms with E-state index in [1.54, 1.807) is 18.2 Å². The fourth-order valence-electron chi connectivity index (χ4n) is 3.44. The molecule has 1 aliphatic rings. The third-order valence-corrected chi connectivity index (χ3v) is 4.64. The smallest absolute Gasteiger partial charge is 0.201 e. The number of hydrogen-bond donors (Lipinski definition) is 4. The highest BCUT2D eigenvalue weighted by Gasteiger charge is 2.42.